The van der Waals surface area contributed by atoms with Crippen LogP contribution >= 0.6 is 22.9 Å². The fourth-order valence-corrected chi connectivity index (χ4v) is 2.79. The highest BCUT2D eigenvalue weighted by molar-refractivity contribution is 7.12. The lowest BCUT2D eigenvalue weighted by molar-refractivity contribution is -0.121. The molecule has 2 aromatic rings. The molecule has 0 unspecified atom stereocenters. The van der Waals surface area contributed by atoms with Crippen molar-refractivity contribution < 1.29 is 9.59 Å². The summed E-state index contributed by atoms with van der Waals surface area (Å²) in [6.07, 6.45) is 1.31. The molecule has 3 nitrogen and oxygen atoms in total. The molecule has 1 aromatic heterocycles. The Kier molecular flexibility index (Phi) is 5.96. The fraction of sp³-hybridized carbons (Fsp3) is 0.250. The van der Waals surface area contributed by atoms with Crippen LogP contribution in [0.25, 0.3) is 0 Å². The van der Waals surface area contributed by atoms with Crippen LogP contribution in [0.1, 0.15) is 34.5 Å². The van der Waals surface area contributed by atoms with Gasteiger partial charge in [0.2, 0.25) is 5.91 Å². The van der Waals surface area contributed by atoms with Gasteiger partial charge in [-0.25, -0.2) is 0 Å². The van der Waals surface area contributed by atoms with Crippen molar-refractivity contribution in [3.8, 4) is 0 Å². The summed E-state index contributed by atoms with van der Waals surface area (Å²) < 4.78 is 0. The fourth-order valence-electron chi connectivity index (χ4n) is 1.89. The number of carbonyl (C=O) groups excluding carboxylic acids is 2. The number of halogens is 1. The Labute approximate surface area is 132 Å². The zero-order chi connectivity index (χ0) is 15.1. The third-order valence-electron chi connectivity index (χ3n) is 3.04. The molecule has 0 aliphatic rings. The summed E-state index contributed by atoms with van der Waals surface area (Å²) in [6.45, 7) is 0.414. The number of carbonyl (C=O) groups is 2. The molecule has 110 valence electrons. The van der Waals surface area contributed by atoms with Crippen LogP contribution in [0.3, 0.4) is 0 Å². The quantitative estimate of drug-likeness (QED) is 0.781. The molecular weight excluding hydrogens is 306 g/mol. The van der Waals surface area contributed by atoms with E-state index in [1.807, 2.05) is 35.7 Å². The number of Topliss-reactive ketones (excluding diaryl/α,β-unsaturated/α-hetero) is 1. The molecule has 0 radical (unpaired) electrons. The van der Waals surface area contributed by atoms with Gasteiger partial charge in [0, 0.05) is 24.4 Å². The van der Waals surface area contributed by atoms with Crippen LogP contribution in [-0.2, 0) is 11.3 Å². The second-order valence-corrected chi connectivity index (χ2v) is 5.98. The van der Waals surface area contributed by atoms with Gasteiger partial charge in [0.25, 0.3) is 0 Å². The van der Waals surface area contributed by atoms with E-state index in [-0.39, 0.29) is 11.7 Å². The molecule has 0 saturated heterocycles. The van der Waals surface area contributed by atoms with Crippen molar-refractivity contribution in [2.45, 2.75) is 25.8 Å². The predicted molar refractivity (Wildman–Crippen MR) is 85.8 cm³/mol. The Morgan fingerprint density at radius 2 is 1.90 bits per heavy atom. The Bertz CT molecular complexity index is 610. The van der Waals surface area contributed by atoms with Crippen LogP contribution in [0.15, 0.2) is 41.8 Å². The third-order valence-corrected chi connectivity index (χ3v) is 4.32. The first kappa shape index (κ1) is 15.7. The number of ketones is 1. The first-order valence-electron chi connectivity index (χ1n) is 6.73. The highest BCUT2D eigenvalue weighted by atomic mass is 35.5. The molecule has 0 saturated carbocycles. The van der Waals surface area contributed by atoms with Crippen LogP contribution in [-0.4, -0.2) is 11.7 Å². The van der Waals surface area contributed by atoms with E-state index in [1.165, 1.54) is 11.3 Å². The summed E-state index contributed by atoms with van der Waals surface area (Å²) in [5.41, 5.74) is 0.891. The predicted octanol–water partition coefficient (Wildman–Crippen LogP) is 4.07. The Balaban J connectivity index is 1.68. The first-order chi connectivity index (χ1) is 10.2. The molecule has 2 rings (SSSR count). The van der Waals surface area contributed by atoms with Crippen molar-refractivity contribution in [2.24, 2.45) is 0 Å². The van der Waals surface area contributed by atoms with Gasteiger partial charge in [0.1, 0.15) is 0 Å². The lowest BCUT2D eigenvalue weighted by Crippen LogP contribution is -2.22. The molecule has 5 heteroatoms. The van der Waals surface area contributed by atoms with E-state index in [0.29, 0.717) is 30.8 Å². The van der Waals surface area contributed by atoms with Gasteiger partial charge in [-0.15, -0.1) is 11.3 Å². The largest absolute Gasteiger partial charge is 0.352 e. The minimum absolute atomic E-state index is 0.0612. The second-order valence-electron chi connectivity index (χ2n) is 4.62. The molecule has 0 fully saturated rings. The molecule has 1 aromatic carbocycles. The number of benzene rings is 1. The summed E-state index contributed by atoms with van der Waals surface area (Å²) in [5, 5.41) is 5.34. The van der Waals surface area contributed by atoms with E-state index in [2.05, 4.69) is 5.32 Å². The van der Waals surface area contributed by atoms with Gasteiger partial charge in [-0.1, -0.05) is 35.9 Å². The van der Waals surface area contributed by atoms with E-state index in [9.17, 15) is 9.59 Å². The van der Waals surface area contributed by atoms with Gasteiger partial charge in [0.15, 0.2) is 5.78 Å². The Hall–Kier alpha value is -1.65. The highest BCUT2D eigenvalue weighted by Crippen LogP contribution is 2.15. The lowest BCUT2D eigenvalue weighted by Gasteiger charge is -2.06. The minimum Gasteiger partial charge on any atom is -0.352 e. The number of hydrogen-bond donors (Lipinski definition) is 1. The molecular formula is C16H16ClNO2S. The Morgan fingerprint density at radius 1 is 1.10 bits per heavy atom. The van der Waals surface area contributed by atoms with Gasteiger partial charge in [-0.2, -0.15) is 0 Å². The van der Waals surface area contributed by atoms with Crippen molar-refractivity contribution >= 4 is 34.6 Å². The highest BCUT2D eigenvalue weighted by Gasteiger charge is 2.08. The molecule has 0 aliphatic carbocycles. The summed E-state index contributed by atoms with van der Waals surface area (Å²) in [7, 11) is 0. The monoisotopic (exact) mass is 321 g/mol. The topological polar surface area (TPSA) is 46.2 Å². The van der Waals surface area contributed by atoms with Gasteiger partial charge >= 0.3 is 0 Å². The maximum absolute atomic E-state index is 11.8. The normalized spacial score (nSPS) is 10.3. The van der Waals surface area contributed by atoms with Crippen LogP contribution in [0.5, 0.6) is 0 Å². The number of amides is 1. The minimum atomic E-state index is -0.0612. The maximum Gasteiger partial charge on any atom is 0.220 e. The average molecular weight is 322 g/mol. The lowest BCUT2D eigenvalue weighted by atomic mass is 10.1. The van der Waals surface area contributed by atoms with E-state index in [1.54, 1.807) is 6.07 Å². The third kappa shape index (κ3) is 4.99. The number of hydrogen-bond acceptors (Lipinski definition) is 3. The molecule has 0 spiro atoms. The first-order valence-corrected chi connectivity index (χ1v) is 7.99. The van der Waals surface area contributed by atoms with Gasteiger partial charge in [0.05, 0.1) is 4.88 Å². The van der Waals surface area contributed by atoms with Crippen molar-refractivity contribution in [2.75, 3.05) is 0 Å². The summed E-state index contributed by atoms with van der Waals surface area (Å²) in [5.74, 6) is 0.0396. The van der Waals surface area contributed by atoms with E-state index >= 15 is 0 Å². The molecule has 1 N–H and O–H groups in total. The summed E-state index contributed by atoms with van der Waals surface area (Å²) >= 11 is 7.45. The maximum atomic E-state index is 11.8. The van der Waals surface area contributed by atoms with E-state index in [4.69, 9.17) is 11.6 Å². The molecule has 1 amide bonds. The van der Waals surface area contributed by atoms with Gasteiger partial charge in [-0.3, -0.25) is 9.59 Å². The SMILES string of the molecule is O=C(CCCC(=O)c1cccs1)NCc1ccccc1Cl. The van der Waals surface area contributed by atoms with Crippen LogP contribution in [0.4, 0.5) is 0 Å². The zero-order valence-electron chi connectivity index (χ0n) is 11.5. The molecule has 1 heterocycles. The summed E-state index contributed by atoms with van der Waals surface area (Å²) in [4.78, 5) is 24.3. The van der Waals surface area contributed by atoms with E-state index in [0.717, 1.165) is 10.4 Å². The molecule has 0 atom stereocenters. The molecule has 0 bridgehead atoms. The number of rotatable bonds is 7. The van der Waals surface area contributed by atoms with Crippen molar-refractivity contribution in [1.82, 2.24) is 5.32 Å². The smallest absolute Gasteiger partial charge is 0.220 e. The van der Waals surface area contributed by atoms with Crippen molar-refractivity contribution in [1.29, 1.82) is 0 Å². The van der Waals surface area contributed by atoms with Crippen molar-refractivity contribution in [3.63, 3.8) is 0 Å². The number of nitrogens with one attached hydrogen (secondary N) is 1. The molecule has 0 aliphatic heterocycles. The standard InChI is InChI=1S/C16H16ClNO2S/c17-13-6-2-1-5-12(13)11-18-16(20)9-3-7-14(19)15-8-4-10-21-15/h1-2,4-6,8,10H,3,7,9,11H2,(H,18,20). The van der Waals surface area contributed by atoms with Crippen molar-refractivity contribution in [3.05, 3.63) is 57.2 Å². The molecule has 21 heavy (non-hydrogen) atoms. The zero-order valence-corrected chi connectivity index (χ0v) is 13.0. The number of thiophene rings is 1. The van der Waals surface area contributed by atoms with Crippen LogP contribution in [0, 0.1) is 0 Å². The Morgan fingerprint density at radius 3 is 2.62 bits per heavy atom. The van der Waals surface area contributed by atoms with Gasteiger partial charge in [-0.05, 0) is 29.5 Å². The summed E-state index contributed by atoms with van der Waals surface area (Å²) in [6, 6.07) is 11.1. The van der Waals surface area contributed by atoms with Gasteiger partial charge < -0.3 is 5.32 Å². The average Bonchev–Trinajstić information content (AvgIpc) is 3.00. The van der Waals surface area contributed by atoms with Crippen LogP contribution < -0.4 is 5.32 Å². The van der Waals surface area contributed by atoms with Crippen LogP contribution in [0.2, 0.25) is 5.02 Å². The van der Waals surface area contributed by atoms with E-state index < -0.39 is 0 Å². The second kappa shape index (κ2) is 7.96.